The predicted octanol–water partition coefficient (Wildman–Crippen LogP) is 3.03. The molecule has 0 saturated heterocycles. The summed E-state index contributed by atoms with van der Waals surface area (Å²) in [5, 5.41) is 0. The van der Waals surface area contributed by atoms with E-state index in [1.54, 1.807) is 0 Å². The van der Waals surface area contributed by atoms with Crippen LogP contribution in [0.25, 0.3) is 0 Å². The van der Waals surface area contributed by atoms with Crippen LogP contribution in [-0.4, -0.2) is 36.1 Å². The van der Waals surface area contributed by atoms with Gasteiger partial charge in [0, 0.05) is 13.1 Å². The van der Waals surface area contributed by atoms with Crippen molar-refractivity contribution < 1.29 is 14.3 Å². The van der Waals surface area contributed by atoms with Crippen LogP contribution in [0, 0.1) is 0 Å². The van der Waals surface area contributed by atoms with E-state index in [0.29, 0.717) is 19.8 Å². The zero-order chi connectivity index (χ0) is 17.9. The van der Waals surface area contributed by atoms with Gasteiger partial charge in [0.05, 0.1) is 18.8 Å². The lowest BCUT2D eigenvalue weighted by atomic mass is 9.81. The topological polar surface area (TPSA) is 64.8 Å². The van der Waals surface area contributed by atoms with Gasteiger partial charge in [-0.25, -0.2) is 0 Å². The van der Waals surface area contributed by atoms with Crippen LogP contribution in [0.3, 0.4) is 0 Å². The Labute approximate surface area is 150 Å². The number of ether oxygens (including phenoxy) is 2. The van der Waals surface area contributed by atoms with Gasteiger partial charge in [-0.1, -0.05) is 19.3 Å². The number of carbonyl (C=O) groups is 1. The standard InChI is InChI=1S/C20H30N2O3/c1-3-24-17-12-15-8-11-22(14-16(15)13-18(17)25-4-2)19(23)20(21)9-6-5-7-10-20/h12-13H,3-11,14,21H2,1-2H3. The smallest absolute Gasteiger partial charge is 0.242 e. The molecule has 0 radical (unpaired) electrons. The van der Waals surface area contributed by atoms with Gasteiger partial charge in [0.25, 0.3) is 0 Å². The Morgan fingerprint density at radius 2 is 1.68 bits per heavy atom. The summed E-state index contributed by atoms with van der Waals surface area (Å²) in [5.41, 5.74) is 8.18. The maximum absolute atomic E-state index is 13.0. The van der Waals surface area contributed by atoms with E-state index in [0.717, 1.165) is 55.7 Å². The fourth-order valence-corrected chi connectivity index (χ4v) is 3.99. The van der Waals surface area contributed by atoms with Gasteiger partial charge < -0.3 is 20.1 Å². The van der Waals surface area contributed by atoms with Crippen molar-refractivity contribution in [2.45, 2.75) is 64.5 Å². The number of nitrogens with two attached hydrogens (primary N) is 1. The quantitative estimate of drug-likeness (QED) is 0.890. The number of hydrogen-bond acceptors (Lipinski definition) is 4. The number of rotatable bonds is 5. The number of fused-ring (bicyclic) bond motifs is 1. The Balaban J connectivity index is 1.80. The molecule has 3 rings (SSSR count). The van der Waals surface area contributed by atoms with Crippen LogP contribution >= 0.6 is 0 Å². The molecule has 2 aliphatic rings. The lowest BCUT2D eigenvalue weighted by molar-refractivity contribution is -0.139. The molecule has 1 aromatic carbocycles. The number of carbonyl (C=O) groups excluding carboxylic acids is 1. The molecule has 1 aliphatic carbocycles. The number of nitrogens with zero attached hydrogens (tertiary/aromatic N) is 1. The van der Waals surface area contributed by atoms with Crippen LogP contribution in [-0.2, 0) is 17.8 Å². The summed E-state index contributed by atoms with van der Waals surface area (Å²) in [4.78, 5) is 14.9. The second-order valence-electron chi connectivity index (χ2n) is 7.13. The molecule has 1 saturated carbocycles. The molecule has 25 heavy (non-hydrogen) atoms. The van der Waals surface area contributed by atoms with Crippen molar-refractivity contribution in [3.8, 4) is 11.5 Å². The Morgan fingerprint density at radius 3 is 2.28 bits per heavy atom. The van der Waals surface area contributed by atoms with Crippen LogP contribution in [0.1, 0.15) is 57.1 Å². The van der Waals surface area contributed by atoms with Gasteiger partial charge in [0.2, 0.25) is 5.91 Å². The van der Waals surface area contributed by atoms with Crippen molar-refractivity contribution in [2.75, 3.05) is 19.8 Å². The molecule has 5 heteroatoms. The minimum atomic E-state index is -0.663. The van der Waals surface area contributed by atoms with E-state index >= 15 is 0 Å². The van der Waals surface area contributed by atoms with E-state index in [9.17, 15) is 4.79 Å². The Bertz CT molecular complexity index is 624. The summed E-state index contributed by atoms with van der Waals surface area (Å²) in [5.74, 6) is 1.67. The largest absolute Gasteiger partial charge is 0.490 e. The van der Waals surface area contributed by atoms with Crippen molar-refractivity contribution in [3.05, 3.63) is 23.3 Å². The first-order chi connectivity index (χ1) is 12.1. The van der Waals surface area contributed by atoms with Crippen molar-refractivity contribution in [3.63, 3.8) is 0 Å². The molecular weight excluding hydrogens is 316 g/mol. The molecule has 1 aliphatic heterocycles. The van der Waals surface area contributed by atoms with Crippen LogP contribution in [0.2, 0.25) is 0 Å². The molecule has 2 N–H and O–H groups in total. The van der Waals surface area contributed by atoms with E-state index in [2.05, 4.69) is 6.07 Å². The third kappa shape index (κ3) is 3.76. The molecule has 0 unspecified atom stereocenters. The van der Waals surface area contributed by atoms with Crippen LogP contribution in [0.15, 0.2) is 12.1 Å². The van der Waals surface area contributed by atoms with E-state index in [1.165, 1.54) is 12.0 Å². The second-order valence-corrected chi connectivity index (χ2v) is 7.13. The molecule has 1 fully saturated rings. The van der Waals surface area contributed by atoms with Gasteiger partial charge in [0.15, 0.2) is 11.5 Å². The summed E-state index contributed by atoms with van der Waals surface area (Å²) >= 11 is 0. The van der Waals surface area contributed by atoms with E-state index < -0.39 is 5.54 Å². The SMILES string of the molecule is CCOc1cc2c(cc1OCC)CN(C(=O)C1(N)CCCCC1)CC2. The Hall–Kier alpha value is -1.75. The van der Waals surface area contributed by atoms with Gasteiger partial charge in [-0.15, -0.1) is 0 Å². The molecule has 1 amide bonds. The lowest BCUT2D eigenvalue weighted by Crippen LogP contribution is -2.57. The monoisotopic (exact) mass is 346 g/mol. The highest BCUT2D eigenvalue weighted by Gasteiger charge is 2.39. The first-order valence-electron chi connectivity index (χ1n) is 9.57. The van der Waals surface area contributed by atoms with Crippen molar-refractivity contribution in [2.24, 2.45) is 5.73 Å². The van der Waals surface area contributed by atoms with Crippen molar-refractivity contribution >= 4 is 5.91 Å². The molecule has 0 aromatic heterocycles. The number of benzene rings is 1. The highest BCUT2D eigenvalue weighted by molar-refractivity contribution is 5.86. The minimum absolute atomic E-state index is 0.115. The zero-order valence-electron chi connectivity index (χ0n) is 15.5. The summed E-state index contributed by atoms with van der Waals surface area (Å²) < 4.78 is 11.4. The summed E-state index contributed by atoms with van der Waals surface area (Å²) in [7, 11) is 0. The van der Waals surface area contributed by atoms with Crippen LogP contribution in [0.4, 0.5) is 0 Å². The fourth-order valence-electron chi connectivity index (χ4n) is 3.99. The summed E-state index contributed by atoms with van der Waals surface area (Å²) in [6.45, 7) is 6.48. The minimum Gasteiger partial charge on any atom is -0.490 e. The van der Waals surface area contributed by atoms with Gasteiger partial charge >= 0.3 is 0 Å². The third-order valence-electron chi connectivity index (χ3n) is 5.34. The Morgan fingerprint density at radius 1 is 1.08 bits per heavy atom. The third-order valence-corrected chi connectivity index (χ3v) is 5.34. The zero-order valence-corrected chi connectivity index (χ0v) is 15.5. The maximum Gasteiger partial charge on any atom is 0.242 e. The van der Waals surface area contributed by atoms with Crippen molar-refractivity contribution in [1.29, 1.82) is 0 Å². The normalized spacial score (nSPS) is 19.2. The highest BCUT2D eigenvalue weighted by atomic mass is 16.5. The predicted molar refractivity (Wildman–Crippen MR) is 97.9 cm³/mol. The molecular formula is C20H30N2O3. The van der Waals surface area contributed by atoms with E-state index in [-0.39, 0.29) is 5.91 Å². The first kappa shape index (κ1) is 18.1. The molecule has 5 nitrogen and oxygen atoms in total. The van der Waals surface area contributed by atoms with Crippen LogP contribution < -0.4 is 15.2 Å². The lowest BCUT2D eigenvalue weighted by Gasteiger charge is -2.39. The first-order valence-corrected chi connectivity index (χ1v) is 9.57. The number of amides is 1. The highest BCUT2D eigenvalue weighted by Crippen LogP contribution is 2.35. The van der Waals surface area contributed by atoms with Gasteiger partial charge in [-0.05, 0) is 56.4 Å². The van der Waals surface area contributed by atoms with Crippen molar-refractivity contribution in [1.82, 2.24) is 4.90 Å². The molecule has 0 spiro atoms. The molecule has 138 valence electrons. The number of hydrogen-bond donors (Lipinski definition) is 1. The average molecular weight is 346 g/mol. The molecule has 1 heterocycles. The second kappa shape index (κ2) is 7.65. The maximum atomic E-state index is 13.0. The molecule has 0 bridgehead atoms. The summed E-state index contributed by atoms with van der Waals surface area (Å²) in [6.07, 6.45) is 5.75. The molecule has 1 aromatic rings. The average Bonchev–Trinajstić information content (AvgIpc) is 2.62. The summed E-state index contributed by atoms with van der Waals surface area (Å²) in [6, 6.07) is 4.11. The van der Waals surface area contributed by atoms with Gasteiger partial charge in [-0.3, -0.25) is 4.79 Å². The van der Waals surface area contributed by atoms with Crippen LogP contribution in [0.5, 0.6) is 11.5 Å². The van der Waals surface area contributed by atoms with E-state index in [1.807, 2.05) is 24.8 Å². The van der Waals surface area contributed by atoms with Gasteiger partial charge in [-0.2, -0.15) is 0 Å². The van der Waals surface area contributed by atoms with E-state index in [4.69, 9.17) is 15.2 Å². The molecule has 0 atom stereocenters. The van der Waals surface area contributed by atoms with Gasteiger partial charge in [0.1, 0.15) is 0 Å². The fraction of sp³-hybridized carbons (Fsp3) is 0.650. The Kier molecular flexibility index (Phi) is 5.52.